The second-order valence-electron chi connectivity index (χ2n) is 2.73. The lowest BCUT2D eigenvalue weighted by Gasteiger charge is -2.00. The van der Waals surface area contributed by atoms with Gasteiger partial charge in [-0.2, -0.15) is 0 Å². The maximum absolute atomic E-state index is 5.09. The summed E-state index contributed by atoms with van der Waals surface area (Å²) in [4.78, 5) is 1.31. The lowest BCUT2D eigenvalue weighted by Crippen LogP contribution is -2.24. The summed E-state index contributed by atoms with van der Waals surface area (Å²) in [6, 6.07) is 2.07. The van der Waals surface area contributed by atoms with Crippen LogP contribution in [0.3, 0.4) is 0 Å². The summed E-state index contributed by atoms with van der Waals surface area (Å²) < 4.78 is 5.09. The molecule has 74 valence electrons. The van der Waals surface area contributed by atoms with Crippen LogP contribution in [-0.2, 0) is 6.54 Å². The van der Waals surface area contributed by atoms with Crippen LogP contribution in [0, 0.1) is 0 Å². The molecule has 2 N–H and O–H groups in total. The summed E-state index contributed by atoms with van der Waals surface area (Å²) in [5, 5.41) is 8.44. The summed E-state index contributed by atoms with van der Waals surface area (Å²) in [5.74, 6) is 0.954. The Morgan fingerprint density at radius 2 is 2.31 bits per heavy atom. The van der Waals surface area contributed by atoms with Crippen LogP contribution in [-0.4, -0.2) is 27.2 Å². The average molecular weight is 200 g/mol. The molecule has 3 nitrogen and oxygen atoms in total. The van der Waals surface area contributed by atoms with E-state index in [0.29, 0.717) is 0 Å². The van der Waals surface area contributed by atoms with E-state index < -0.39 is 0 Å². The van der Waals surface area contributed by atoms with Crippen LogP contribution in [0.15, 0.2) is 11.4 Å². The number of thiophene rings is 1. The maximum Gasteiger partial charge on any atom is 0.129 e. The number of likely N-dealkylation sites (N-methyl/N-ethyl adjacent to an activating group) is 1. The van der Waals surface area contributed by atoms with Crippen molar-refractivity contribution in [2.24, 2.45) is 0 Å². The minimum Gasteiger partial charge on any atom is -0.496 e. The number of rotatable bonds is 6. The molecule has 0 fully saturated rings. The first-order valence-electron chi connectivity index (χ1n) is 4.33. The Morgan fingerprint density at radius 1 is 1.46 bits per heavy atom. The van der Waals surface area contributed by atoms with Crippen LogP contribution in [0.2, 0.25) is 0 Å². The van der Waals surface area contributed by atoms with Crippen LogP contribution in [0.25, 0.3) is 0 Å². The summed E-state index contributed by atoms with van der Waals surface area (Å²) >= 11 is 1.72. The number of ether oxygens (including phenoxy) is 1. The van der Waals surface area contributed by atoms with Crippen molar-refractivity contribution >= 4 is 11.3 Å². The van der Waals surface area contributed by atoms with Crippen molar-refractivity contribution in [1.29, 1.82) is 0 Å². The first-order chi connectivity index (χ1) is 6.36. The van der Waals surface area contributed by atoms with Crippen molar-refractivity contribution in [2.75, 3.05) is 27.2 Å². The second-order valence-corrected chi connectivity index (χ2v) is 3.73. The van der Waals surface area contributed by atoms with Crippen molar-refractivity contribution < 1.29 is 4.74 Å². The number of methoxy groups -OCH3 is 1. The van der Waals surface area contributed by atoms with E-state index in [2.05, 4.69) is 16.7 Å². The summed E-state index contributed by atoms with van der Waals surface area (Å²) in [5.41, 5.74) is 0. The molecule has 0 saturated heterocycles. The SMILES string of the molecule is CNCCNCc1cc(OC)cs1. The molecule has 4 heteroatoms. The van der Waals surface area contributed by atoms with Crippen LogP contribution in [0.5, 0.6) is 5.75 Å². The van der Waals surface area contributed by atoms with Gasteiger partial charge in [0.15, 0.2) is 0 Å². The first-order valence-corrected chi connectivity index (χ1v) is 5.21. The first kappa shape index (κ1) is 10.5. The molecule has 0 radical (unpaired) electrons. The number of hydrogen-bond acceptors (Lipinski definition) is 4. The van der Waals surface area contributed by atoms with E-state index >= 15 is 0 Å². The van der Waals surface area contributed by atoms with Gasteiger partial charge in [0.25, 0.3) is 0 Å². The fourth-order valence-electron chi connectivity index (χ4n) is 0.985. The van der Waals surface area contributed by atoms with Gasteiger partial charge in [-0.1, -0.05) is 0 Å². The third-order valence-electron chi connectivity index (χ3n) is 1.72. The highest BCUT2D eigenvalue weighted by Gasteiger charge is 1.97. The van der Waals surface area contributed by atoms with Crippen molar-refractivity contribution in [2.45, 2.75) is 6.54 Å². The third kappa shape index (κ3) is 3.76. The molecular weight excluding hydrogens is 184 g/mol. The summed E-state index contributed by atoms with van der Waals surface area (Å²) in [6.07, 6.45) is 0. The van der Waals surface area contributed by atoms with E-state index in [9.17, 15) is 0 Å². The summed E-state index contributed by atoms with van der Waals surface area (Å²) in [6.45, 7) is 2.93. The predicted octanol–water partition coefficient (Wildman–Crippen LogP) is 1.07. The maximum atomic E-state index is 5.09. The van der Waals surface area contributed by atoms with Gasteiger partial charge in [-0.05, 0) is 13.1 Å². The van der Waals surface area contributed by atoms with Gasteiger partial charge in [-0.3, -0.25) is 0 Å². The van der Waals surface area contributed by atoms with Crippen LogP contribution in [0.1, 0.15) is 4.88 Å². The van der Waals surface area contributed by atoms with Crippen LogP contribution in [0.4, 0.5) is 0 Å². The molecule has 0 aliphatic heterocycles. The predicted molar refractivity (Wildman–Crippen MR) is 56.5 cm³/mol. The van der Waals surface area contributed by atoms with Gasteiger partial charge in [-0.15, -0.1) is 11.3 Å². The fourth-order valence-corrected chi connectivity index (χ4v) is 1.79. The molecule has 0 saturated carbocycles. The van der Waals surface area contributed by atoms with Crippen molar-refractivity contribution in [3.05, 3.63) is 16.3 Å². The Morgan fingerprint density at radius 3 is 2.92 bits per heavy atom. The number of hydrogen-bond donors (Lipinski definition) is 2. The molecule has 0 atom stereocenters. The minimum absolute atomic E-state index is 0.926. The van der Waals surface area contributed by atoms with Gasteiger partial charge in [0.2, 0.25) is 0 Å². The molecule has 0 bridgehead atoms. The van der Waals surface area contributed by atoms with E-state index in [1.165, 1.54) is 4.88 Å². The average Bonchev–Trinajstić information content (AvgIpc) is 2.60. The highest BCUT2D eigenvalue weighted by atomic mass is 32.1. The molecule has 1 aromatic heterocycles. The van der Waals surface area contributed by atoms with Gasteiger partial charge >= 0.3 is 0 Å². The Hall–Kier alpha value is -0.580. The molecule has 0 aliphatic rings. The lowest BCUT2D eigenvalue weighted by molar-refractivity contribution is 0.416. The smallest absolute Gasteiger partial charge is 0.129 e. The zero-order valence-electron chi connectivity index (χ0n) is 8.09. The van der Waals surface area contributed by atoms with Crippen LogP contribution < -0.4 is 15.4 Å². The van der Waals surface area contributed by atoms with Gasteiger partial charge in [-0.25, -0.2) is 0 Å². The standard InChI is InChI=1S/C9H16N2OS/c1-10-3-4-11-6-9-5-8(12-2)7-13-9/h5,7,10-11H,3-4,6H2,1-2H3. The van der Waals surface area contributed by atoms with E-state index in [1.54, 1.807) is 18.4 Å². The van der Waals surface area contributed by atoms with Crippen LogP contribution >= 0.6 is 11.3 Å². The molecule has 1 heterocycles. The van der Waals surface area contributed by atoms with Crippen molar-refractivity contribution in [3.8, 4) is 5.75 Å². The largest absolute Gasteiger partial charge is 0.496 e. The minimum atomic E-state index is 0.926. The normalized spacial score (nSPS) is 10.3. The zero-order chi connectivity index (χ0) is 9.52. The van der Waals surface area contributed by atoms with E-state index in [0.717, 1.165) is 25.4 Å². The van der Waals surface area contributed by atoms with Gasteiger partial charge in [0, 0.05) is 29.9 Å². The van der Waals surface area contributed by atoms with E-state index in [-0.39, 0.29) is 0 Å². The van der Waals surface area contributed by atoms with Crippen molar-refractivity contribution in [3.63, 3.8) is 0 Å². The van der Waals surface area contributed by atoms with E-state index in [1.807, 2.05) is 12.4 Å². The zero-order valence-corrected chi connectivity index (χ0v) is 8.91. The molecular formula is C9H16N2OS. The molecule has 0 amide bonds. The quantitative estimate of drug-likeness (QED) is 0.674. The molecule has 1 aromatic rings. The van der Waals surface area contributed by atoms with Gasteiger partial charge in [0.05, 0.1) is 7.11 Å². The molecule has 0 aromatic carbocycles. The Kier molecular flexibility index (Phi) is 4.82. The Labute approximate surface area is 83.1 Å². The highest BCUT2D eigenvalue weighted by molar-refractivity contribution is 7.10. The second kappa shape index (κ2) is 5.96. The Balaban J connectivity index is 2.20. The topological polar surface area (TPSA) is 33.3 Å². The highest BCUT2D eigenvalue weighted by Crippen LogP contribution is 2.20. The fraction of sp³-hybridized carbons (Fsp3) is 0.556. The third-order valence-corrected chi connectivity index (χ3v) is 2.63. The number of nitrogens with one attached hydrogen (secondary N) is 2. The van der Waals surface area contributed by atoms with E-state index in [4.69, 9.17) is 4.74 Å². The Bertz CT molecular complexity index is 237. The molecule has 0 aliphatic carbocycles. The molecule has 1 rings (SSSR count). The monoisotopic (exact) mass is 200 g/mol. The molecule has 0 unspecified atom stereocenters. The summed E-state index contributed by atoms with van der Waals surface area (Å²) in [7, 11) is 3.65. The lowest BCUT2D eigenvalue weighted by atomic mass is 10.4. The molecule has 0 spiro atoms. The van der Waals surface area contributed by atoms with Crippen molar-refractivity contribution in [1.82, 2.24) is 10.6 Å². The van der Waals surface area contributed by atoms with Gasteiger partial charge < -0.3 is 15.4 Å². The van der Waals surface area contributed by atoms with Gasteiger partial charge in [0.1, 0.15) is 5.75 Å². The molecule has 13 heavy (non-hydrogen) atoms.